The van der Waals surface area contributed by atoms with Crippen molar-refractivity contribution in [1.29, 1.82) is 0 Å². The van der Waals surface area contributed by atoms with E-state index in [4.69, 9.17) is 0 Å². The number of piperidine rings is 1. The lowest BCUT2D eigenvalue weighted by atomic mass is 9.96. The van der Waals surface area contributed by atoms with E-state index in [0.717, 1.165) is 51.6 Å². The Labute approximate surface area is 146 Å². The number of amides is 1. The van der Waals surface area contributed by atoms with Crippen molar-refractivity contribution in [1.82, 2.24) is 13.5 Å². The first-order valence-electron chi connectivity index (χ1n) is 9.52. The summed E-state index contributed by atoms with van der Waals surface area (Å²) in [7, 11) is -1.66. The van der Waals surface area contributed by atoms with Crippen LogP contribution in [0.5, 0.6) is 0 Å². The number of hydrogen-bond donors (Lipinski definition) is 0. The van der Waals surface area contributed by atoms with E-state index in [1.54, 1.807) is 15.7 Å². The average molecular weight is 358 g/mol. The molecule has 138 valence electrons. The van der Waals surface area contributed by atoms with E-state index in [1.165, 1.54) is 6.42 Å². The van der Waals surface area contributed by atoms with E-state index in [9.17, 15) is 13.2 Å². The zero-order valence-corrected chi connectivity index (χ0v) is 15.6. The van der Waals surface area contributed by atoms with Crippen molar-refractivity contribution in [2.24, 2.45) is 5.92 Å². The normalized spacial score (nSPS) is 25.5. The van der Waals surface area contributed by atoms with E-state index < -0.39 is 10.2 Å². The highest BCUT2D eigenvalue weighted by Crippen LogP contribution is 2.28. The van der Waals surface area contributed by atoms with Crippen molar-refractivity contribution in [2.45, 2.75) is 63.8 Å². The van der Waals surface area contributed by atoms with Crippen LogP contribution >= 0.6 is 0 Å². The fourth-order valence-corrected chi connectivity index (χ4v) is 5.97. The molecule has 0 aromatic heterocycles. The van der Waals surface area contributed by atoms with Crippen LogP contribution in [0.2, 0.25) is 0 Å². The Hall–Kier alpha value is -0.660. The molecule has 1 saturated carbocycles. The number of rotatable bonds is 4. The van der Waals surface area contributed by atoms with Gasteiger partial charge in [0.25, 0.3) is 10.2 Å². The molecule has 0 bridgehead atoms. The number of likely N-dealkylation sites (tertiary alicyclic amines) is 1. The maximum absolute atomic E-state index is 12.9. The SMILES string of the molecule is CN(C1CCCCC1)S(=O)(=O)N1CCC(C(=O)N2CCCC2)CC1. The van der Waals surface area contributed by atoms with Crippen LogP contribution in [0.15, 0.2) is 0 Å². The Morgan fingerprint density at radius 1 is 0.875 bits per heavy atom. The lowest BCUT2D eigenvalue weighted by Gasteiger charge is -2.37. The third-order valence-electron chi connectivity index (χ3n) is 6.00. The molecule has 1 amide bonds. The molecule has 3 fully saturated rings. The fraction of sp³-hybridized carbons (Fsp3) is 0.941. The van der Waals surface area contributed by atoms with Crippen LogP contribution < -0.4 is 0 Å². The van der Waals surface area contributed by atoms with Gasteiger partial charge < -0.3 is 4.90 Å². The predicted molar refractivity (Wildman–Crippen MR) is 93.7 cm³/mol. The molecule has 0 aromatic carbocycles. The zero-order valence-electron chi connectivity index (χ0n) is 14.8. The summed E-state index contributed by atoms with van der Waals surface area (Å²) < 4.78 is 28.9. The molecule has 1 aliphatic carbocycles. The molecule has 0 spiro atoms. The second-order valence-electron chi connectivity index (χ2n) is 7.52. The highest BCUT2D eigenvalue weighted by molar-refractivity contribution is 7.86. The minimum absolute atomic E-state index is 0.00883. The Balaban J connectivity index is 1.55. The van der Waals surface area contributed by atoms with Gasteiger partial charge in [-0.3, -0.25) is 4.79 Å². The second kappa shape index (κ2) is 7.70. The molecular weight excluding hydrogens is 326 g/mol. The first-order chi connectivity index (χ1) is 11.5. The molecule has 3 rings (SSSR count). The van der Waals surface area contributed by atoms with Gasteiger partial charge in [-0.1, -0.05) is 19.3 Å². The van der Waals surface area contributed by atoms with Crippen LogP contribution in [0.3, 0.4) is 0 Å². The summed E-state index contributed by atoms with van der Waals surface area (Å²) in [5.41, 5.74) is 0. The van der Waals surface area contributed by atoms with Gasteiger partial charge in [0.2, 0.25) is 5.91 Å². The summed E-state index contributed by atoms with van der Waals surface area (Å²) in [6, 6.07) is 0.146. The lowest BCUT2D eigenvalue weighted by Crippen LogP contribution is -2.50. The summed E-state index contributed by atoms with van der Waals surface area (Å²) >= 11 is 0. The fourth-order valence-electron chi connectivity index (χ4n) is 4.34. The summed E-state index contributed by atoms with van der Waals surface area (Å²) in [4.78, 5) is 14.4. The number of carbonyl (C=O) groups excluding carboxylic acids is 1. The molecule has 2 aliphatic heterocycles. The Morgan fingerprint density at radius 2 is 1.46 bits per heavy atom. The van der Waals surface area contributed by atoms with Crippen LogP contribution in [0.4, 0.5) is 0 Å². The first kappa shape index (κ1) is 18.1. The molecule has 0 radical (unpaired) electrons. The predicted octanol–water partition coefficient (Wildman–Crippen LogP) is 1.83. The van der Waals surface area contributed by atoms with Crippen LogP contribution in [0, 0.1) is 5.92 Å². The average Bonchev–Trinajstić information content (AvgIpc) is 3.16. The molecule has 3 aliphatic rings. The maximum atomic E-state index is 12.9. The van der Waals surface area contributed by atoms with E-state index in [0.29, 0.717) is 25.9 Å². The molecule has 0 N–H and O–H groups in total. The van der Waals surface area contributed by atoms with Crippen molar-refractivity contribution in [3.05, 3.63) is 0 Å². The van der Waals surface area contributed by atoms with Crippen LogP contribution in [-0.2, 0) is 15.0 Å². The Bertz CT molecular complexity index is 531. The van der Waals surface area contributed by atoms with Gasteiger partial charge >= 0.3 is 0 Å². The summed E-state index contributed by atoms with van der Waals surface area (Å²) in [5, 5.41) is 0. The van der Waals surface area contributed by atoms with Crippen LogP contribution in [-0.4, -0.2) is 67.1 Å². The van der Waals surface area contributed by atoms with Crippen LogP contribution in [0.1, 0.15) is 57.8 Å². The smallest absolute Gasteiger partial charge is 0.281 e. The van der Waals surface area contributed by atoms with Gasteiger partial charge in [0.05, 0.1) is 0 Å². The third-order valence-corrected chi connectivity index (χ3v) is 8.04. The van der Waals surface area contributed by atoms with Gasteiger partial charge in [-0.05, 0) is 38.5 Å². The van der Waals surface area contributed by atoms with E-state index in [-0.39, 0.29) is 17.9 Å². The molecule has 0 atom stereocenters. The minimum atomic E-state index is -3.39. The largest absolute Gasteiger partial charge is 0.342 e. The van der Waals surface area contributed by atoms with E-state index >= 15 is 0 Å². The molecule has 24 heavy (non-hydrogen) atoms. The van der Waals surface area contributed by atoms with Gasteiger partial charge in [-0.25, -0.2) is 0 Å². The topological polar surface area (TPSA) is 60.9 Å². The van der Waals surface area contributed by atoms with E-state index in [1.807, 2.05) is 4.90 Å². The Morgan fingerprint density at radius 3 is 2.04 bits per heavy atom. The van der Waals surface area contributed by atoms with Crippen molar-refractivity contribution >= 4 is 16.1 Å². The lowest BCUT2D eigenvalue weighted by molar-refractivity contribution is -0.135. The van der Waals surface area contributed by atoms with Gasteiger partial charge in [0.1, 0.15) is 0 Å². The van der Waals surface area contributed by atoms with Crippen molar-refractivity contribution in [3.63, 3.8) is 0 Å². The maximum Gasteiger partial charge on any atom is 0.281 e. The first-order valence-corrected chi connectivity index (χ1v) is 10.9. The molecule has 7 heteroatoms. The van der Waals surface area contributed by atoms with Crippen molar-refractivity contribution in [3.8, 4) is 0 Å². The standard InChI is InChI=1S/C17H31N3O3S/c1-18(16-7-3-2-4-8-16)24(22,23)20-13-9-15(10-14-20)17(21)19-11-5-6-12-19/h15-16H,2-14H2,1H3. The number of nitrogens with zero attached hydrogens (tertiary/aromatic N) is 3. The van der Waals surface area contributed by atoms with Crippen molar-refractivity contribution in [2.75, 3.05) is 33.2 Å². The van der Waals surface area contributed by atoms with Crippen LogP contribution in [0.25, 0.3) is 0 Å². The monoisotopic (exact) mass is 357 g/mol. The van der Waals surface area contributed by atoms with Gasteiger partial charge in [-0.15, -0.1) is 0 Å². The molecule has 2 saturated heterocycles. The summed E-state index contributed by atoms with van der Waals surface area (Å²) in [5.74, 6) is 0.250. The molecule has 2 heterocycles. The summed E-state index contributed by atoms with van der Waals surface area (Å²) in [6.45, 7) is 2.71. The van der Waals surface area contributed by atoms with Crippen molar-refractivity contribution < 1.29 is 13.2 Å². The quantitative estimate of drug-likeness (QED) is 0.771. The third kappa shape index (κ3) is 3.78. The highest BCUT2D eigenvalue weighted by atomic mass is 32.2. The number of hydrogen-bond acceptors (Lipinski definition) is 3. The molecule has 0 aromatic rings. The second-order valence-corrected chi connectivity index (χ2v) is 9.51. The zero-order chi connectivity index (χ0) is 17.2. The molecule has 0 unspecified atom stereocenters. The number of carbonyl (C=O) groups is 1. The molecular formula is C17H31N3O3S. The summed E-state index contributed by atoms with van der Waals surface area (Å²) in [6.07, 6.45) is 8.93. The Kier molecular flexibility index (Phi) is 5.82. The van der Waals surface area contributed by atoms with Gasteiger partial charge in [0.15, 0.2) is 0 Å². The molecule has 6 nitrogen and oxygen atoms in total. The minimum Gasteiger partial charge on any atom is -0.342 e. The van der Waals surface area contributed by atoms with Gasteiger partial charge in [0, 0.05) is 45.2 Å². The van der Waals surface area contributed by atoms with Gasteiger partial charge in [-0.2, -0.15) is 17.0 Å². The van der Waals surface area contributed by atoms with E-state index in [2.05, 4.69) is 0 Å². The highest BCUT2D eigenvalue weighted by Gasteiger charge is 2.37.